The van der Waals surface area contributed by atoms with Crippen molar-refractivity contribution in [2.24, 2.45) is 12.5 Å². The summed E-state index contributed by atoms with van der Waals surface area (Å²) in [5.41, 5.74) is 9.53. The molecule has 0 saturated carbocycles. The molecule has 0 saturated heterocycles. The van der Waals surface area contributed by atoms with Crippen molar-refractivity contribution < 1.29 is 4.57 Å². The van der Waals surface area contributed by atoms with Crippen LogP contribution in [0.2, 0.25) is 0 Å². The first-order valence-electron chi connectivity index (χ1n) is 9.40. The van der Waals surface area contributed by atoms with Gasteiger partial charge in [0.25, 0.3) is 0 Å². The van der Waals surface area contributed by atoms with E-state index in [0.717, 1.165) is 6.42 Å². The van der Waals surface area contributed by atoms with Gasteiger partial charge in [-0.15, -0.1) is 0 Å². The largest absolute Gasteiger partial charge is 0.213 e. The molecule has 1 heterocycles. The fourth-order valence-corrected chi connectivity index (χ4v) is 3.49. The van der Waals surface area contributed by atoms with Gasteiger partial charge in [-0.2, -0.15) is 0 Å². The lowest BCUT2D eigenvalue weighted by Crippen LogP contribution is -2.30. The van der Waals surface area contributed by atoms with Crippen LogP contribution in [-0.4, -0.2) is 0 Å². The Morgan fingerprint density at radius 3 is 2.19 bits per heavy atom. The Bertz CT molecular complexity index is 929. The van der Waals surface area contributed by atoms with Crippen LogP contribution in [0.4, 0.5) is 0 Å². The van der Waals surface area contributed by atoms with E-state index in [1.165, 1.54) is 39.1 Å². The van der Waals surface area contributed by atoms with Crippen molar-refractivity contribution in [2.45, 2.75) is 41.0 Å². The smallest absolute Gasteiger partial charge is 0.201 e. The zero-order valence-electron chi connectivity index (χ0n) is 16.9. The molecule has 2 aromatic carbocycles. The van der Waals surface area contributed by atoms with Gasteiger partial charge in [0.05, 0.1) is 0 Å². The van der Waals surface area contributed by atoms with Gasteiger partial charge in [0.15, 0.2) is 6.20 Å². The minimum absolute atomic E-state index is 0.290. The Morgan fingerprint density at radius 2 is 1.50 bits per heavy atom. The number of benzene rings is 2. The summed E-state index contributed by atoms with van der Waals surface area (Å²) in [6.45, 7) is 11.3. The van der Waals surface area contributed by atoms with Gasteiger partial charge in [-0.3, -0.25) is 0 Å². The summed E-state index contributed by atoms with van der Waals surface area (Å²) < 4.78 is 2.20. The second-order valence-electron chi connectivity index (χ2n) is 8.61. The van der Waals surface area contributed by atoms with Crippen molar-refractivity contribution in [2.75, 3.05) is 0 Å². The Hall–Kier alpha value is -2.41. The molecule has 1 nitrogen and oxygen atoms in total. The highest BCUT2D eigenvalue weighted by Crippen LogP contribution is 2.29. The van der Waals surface area contributed by atoms with Crippen LogP contribution in [-0.2, 0) is 13.5 Å². The fraction of sp³-hybridized carbons (Fsp3) is 0.320. The third kappa shape index (κ3) is 4.04. The second kappa shape index (κ2) is 7.07. The van der Waals surface area contributed by atoms with E-state index >= 15 is 0 Å². The third-order valence-electron chi connectivity index (χ3n) is 4.97. The topological polar surface area (TPSA) is 3.88 Å². The van der Waals surface area contributed by atoms with Gasteiger partial charge < -0.3 is 0 Å². The Balaban J connectivity index is 2.07. The molecule has 0 unspecified atom stereocenters. The van der Waals surface area contributed by atoms with Gasteiger partial charge in [-0.25, -0.2) is 4.57 Å². The van der Waals surface area contributed by atoms with Crippen LogP contribution >= 0.6 is 0 Å². The van der Waals surface area contributed by atoms with Crippen LogP contribution in [0.5, 0.6) is 0 Å². The van der Waals surface area contributed by atoms with Gasteiger partial charge in [-0.05, 0) is 59.6 Å². The van der Waals surface area contributed by atoms with Crippen molar-refractivity contribution in [3.05, 3.63) is 77.5 Å². The molecule has 3 rings (SSSR count). The number of aromatic nitrogens is 1. The molecule has 0 N–H and O–H groups in total. The van der Waals surface area contributed by atoms with Crippen molar-refractivity contribution >= 4 is 0 Å². The van der Waals surface area contributed by atoms with Crippen LogP contribution < -0.4 is 4.57 Å². The molecule has 0 aliphatic rings. The van der Waals surface area contributed by atoms with E-state index in [9.17, 15) is 0 Å². The van der Waals surface area contributed by atoms with Crippen molar-refractivity contribution in [3.8, 4) is 22.4 Å². The summed E-state index contributed by atoms with van der Waals surface area (Å²) in [6, 6.07) is 20.0. The first-order valence-corrected chi connectivity index (χ1v) is 9.40. The Morgan fingerprint density at radius 1 is 0.808 bits per heavy atom. The number of hydrogen-bond acceptors (Lipinski definition) is 0. The number of nitrogens with zero attached hydrogens (tertiary/aromatic N) is 1. The lowest BCUT2D eigenvalue weighted by Gasteiger charge is -2.20. The summed E-state index contributed by atoms with van der Waals surface area (Å²) in [7, 11) is 2.12. The summed E-state index contributed by atoms with van der Waals surface area (Å²) in [6.07, 6.45) is 3.26. The van der Waals surface area contributed by atoms with Gasteiger partial charge in [0, 0.05) is 17.7 Å². The molecule has 0 fully saturated rings. The van der Waals surface area contributed by atoms with Crippen molar-refractivity contribution in [1.82, 2.24) is 0 Å². The molecule has 26 heavy (non-hydrogen) atoms. The molecule has 134 valence electrons. The van der Waals surface area contributed by atoms with E-state index < -0.39 is 0 Å². The van der Waals surface area contributed by atoms with Crippen LogP contribution in [0.15, 0.2) is 60.8 Å². The SMILES string of the molecule is Cc1ccc(-c2cc[n+](C)c(-c3ccccc3C)c2)cc1CC(C)(C)C. The van der Waals surface area contributed by atoms with E-state index in [4.69, 9.17) is 0 Å². The number of aryl methyl sites for hydroxylation is 3. The first-order chi connectivity index (χ1) is 12.2. The minimum atomic E-state index is 0.290. The molecule has 1 heteroatoms. The van der Waals surface area contributed by atoms with Crippen molar-refractivity contribution in [1.29, 1.82) is 0 Å². The average molecular weight is 345 g/mol. The van der Waals surface area contributed by atoms with Crippen LogP contribution in [0, 0.1) is 19.3 Å². The zero-order chi connectivity index (χ0) is 18.9. The molecule has 0 atom stereocenters. The lowest BCUT2D eigenvalue weighted by molar-refractivity contribution is -0.660. The number of hydrogen-bond donors (Lipinski definition) is 0. The standard InChI is InChI=1S/C25H30N/c1-18-11-12-20(15-22(18)17-25(3,4)5)21-13-14-26(6)24(16-21)23-10-8-7-9-19(23)2/h7-16H,17H2,1-6H3/q+1. The number of pyridine rings is 1. The maximum absolute atomic E-state index is 2.37. The normalized spacial score (nSPS) is 11.6. The third-order valence-corrected chi connectivity index (χ3v) is 4.97. The maximum Gasteiger partial charge on any atom is 0.213 e. The van der Waals surface area contributed by atoms with E-state index in [1.54, 1.807) is 0 Å². The van der Waals surface area contributed by atoms with Crippen LogP contribution in [0.3, 0.4) is 0 Å². The number of rotatable bonds is 3. The molecule has 0 amide bonds. The van der Waals surface area contributed by atoms with Crippen molar-refractivity contribution in [3.63, 3.8) is 0 Å². The van der Waals surface area contributed by atoms with Gasteiger partial charge in [0.2, 0.25) is 5.69 Å². The van der Waals surface area contributed by atoms with E-state index in [-0.39, 0.29) is 0 Å². The Kier molecular flexibility index (Phi) is 5.00. The quantitative estimate of drug-likeness (QED) is 0.509. The second-order valence-corrected chi connectivity index (χ2v) is 8.61. The van der Waals surface area contributed by atoms with Crippen LogP contribution in [0.1, 0.15) is 37.5 Å². The molecule has 0 aliphatic carbocycles. The molecule has 1 aromatic heterocycles. The fourth-order valence-electron chi connectivity index (χ4n) is 3.49. The molecule has 0 spiro atoms. The summed E-state index contributed by atoms with van der Waals surface area (Å²) in [5, 5.41) is 0. The molecule has 0 bridgehead atoms. The molecule has 0 radical (unpaired) electrons. The van der Waals surface area contributed by atoms with E-state index in [1.807, 2.05) is 0 Å². The average Bonchev–Trinajstić information content (AvgIpc) is 2.57. The predicted molar refractivity (Wildman–Crippen MR) is 111 cm³/mol. The van der Waals surface area contributed by atoms with E-state index in [2.05, 4.69) is 107 Å². The highest BCUT2D eigenvalue weighted by Gasteiger charge is 2.16. The first kappa shape index (κ1) is 18.4. The van der Waals surface area contributed by atoms with Crippen LogP contribution in [0.25, 0.3) is 22.4 Å². The molecule has 3 aromatic rings. The predicted octanol–water partition coefficient (Wildman–Crippen LogP) is 6.05. The van der Waals surface area contributed by atoms with E-state index in [0.29, 0.717) is 5.41 Å². The van der Waals surface area contributed by atoms with Gasteiger partial charge in [0.1, 0.15) is 7.05 Å². The Labute approximate surface area is 158 Å². The van der Waals surface area contributed by atoms with Gasteiger partial charge in [-0.1, -0.05) is 57.2 Å². The zero-order valence-corrected chi connectivity index (χ0v) is 16.9. The highest BCUT2D eigenvalue weighted by atomic mass is 14.9. The highest BCUT2D eigenvalue weighted by molar-refractivity contribution is 5.70. The minimum Gasteiger partial charge on any atom is -0.201 e. The summed E-state index contributed by atoms with van der Waals surface area (Å²) in [4.78, 5) is 0. The van der Waals surface area contributed by atoms with Gasteiger partial charge >= 0.3 is 0 Å². The molecule has 0 aliphatic heterocycles. The lowest BCUT2D eigenvalue weighted by atomic mass is 9.85. The maximum atomic E-state index is 2.37. The molecular weight excluding hydrogens is 314 g/mol. The molecular formula is C25H30N+. The monoisotopic (exact) mass is 344 g/mol. The summed E-state index contributed by atoms with van der Waals surface area (Å²) >= 11 is 0. The summed E-state index contributed by atoms with van der Waals surface area (Å²) in [5.74, 6) is 0.